The number of anilines is 2. The normalized spacial score (nSPS) is 21.6. The Morgan fingerprint density at radius 3 is 1.78 bits per heavy atom. The third-order valence-electron chi connectivity index (χ3n) is 20.7. The van der Waals surface area contributed by atoms with Crippen molar-refractivity contribution in [2.24, 2.45) is 0 Å². The summed E-state index contributed by atoms with van der Waals surface area (Å²) < 4.78 is 0. The number of fused-ring (bicyclic) bond motifs is 8. The van der Waals surface area contributed by atoms with Gasteiger partial charge in [-0.25, -0.2) is 0 Å². The molecule has 0 aromatic heterocycles. The second-order valence-corrected chi connectivity index (χ2v) is 29.9. The minimum Gasteiger partial charge on any atom is -0.334 e. The SMILES string of the molecule is Cc1cc(C(C)(C)C)ccc1C1=Cc2cc(C(C)(C)C)cc3c2B(c2ccc(N4c5ccccc5C5(C)CCCCCCC45C)cc21)c1cc2c(cc1/C3=C\c1ccc(C(C)(C)C)cc1-c1ccccc1)C(C)(C)CCC2(C)C. The van der Waals surface area contributed by atoms with E-state index >= 15 is 0 Å². The van der Waals surface area contributed by atoms with Crippen LogP contribution in [0.25, 0.3) is 34.4 Å². The Hall–Kier alpha value is -6.12. The number of para-hydroxylation sites is 1. The van der Waals surface area contributed by atoms with E-state index in [9.17, 15) is 0 Å². The number of benzene rings is 7. The molecule has 3 heterocycles. The molecule has 0 saturated heterocycles. The minimum atomic E-state index is -0.106. The molecule has 1 saturated carbocycles. The molecule has 7 aromatic carbocycles. The van der Waals surface area contributed by atoms with Gasteiger partial charge in [-0.15, -0.1) is 0 Å². The maximum atomic E-state index is 2.83. The van der Waals surface area contributed by atoms with E-state index in [2.05, 4.69) is 261 Å². The van der Waals surface area contributed by atoms with E-state index in [1.165, 1.54) is 174 Å². The summed E-state index contributed by atoms with van der Waals surface area (Å²) in [5.74, 6) is 0. The van der Waals surface area contributed by atoms with Crippen LogP contribution in [0, 0.1) is 6.92 Å². The van der Waals surface area contributed by atoms with Crippen LogP contribution in [0.5, 0.6) is 0 Å². The predicted molar refractivity (Wildman–Crippen MR) is 344 cm³/mol. The number of nitrogens with zero attached hydrogens (tertiary/aromatic N) is 1. The van der Waals surface area contributed by atoms with E-state index in [1.807, 2.05) is 0 Å². The lowest BCUT2D eigenvalue weighted by Crippen LogP contribution is -2.58. The standard InChI is InChI=1S/C77H88BN/c1-49-40-53(71(2,3)4)32-34-57(49)59-43-52-41-55(73(8,9)10)45-63-60(42-51-30-31-54(72(5,6)7)44-58(51)50-26-20-19-21-27-50)62-47-65-66(75(13,14)39-38-74(65,11)12)48-68(62)78(70(52)63)67-35-33-56(46-61(59)67)79-69-29-23-22-28-64(69)76(15)36-24-17-18-25-37-77(76,79)16/h19-23,26-35,40-48H,17-18,24-25,36-39H2,1-16H3/b60-42+. The Kier molecular flexibility index (Phi) is 12.5. The second kappa shape index (κ2) is 18.5. The topological polar surface area (TPSA) is 3.24 Å². The highest BCUT2D eigenvalue weighted by molar-refractivity contribution is 6.98. The van der Waals surface area contributed by atoms with Gasteiger partial charge in [0.2, 0.25) is 6.71 Å². The highest BCUT2D eigenvalue weighted by atomic mass is 15.2. The molecule has 0 bridgehead atoms. The molecule has 2 atom stereocenters. The summed E-state index contributed by atoms with van der Waals surface area (Å²) in [7, 11) is 0. The van der Waals surface area contributed by atoms with Crippen LogP contribution in [0.3, 0.4) is 0 Å². The van der Waals surface area contributed by atoms with E-state index in [4.69, 9.17) is 0 Å². The molecule has 12 rings (SSSR count). The lowest BCUT2D eigenvalue weighted by Gasteiger charge is -2.48. The molecule has 0 amide bonds. The van der Waals surface area contributed by atoms with E-state index < -0.39 is 0 Å². The summed E-state index contributed by atoms with van der Waals surface area (Å²) in [6.45, 7) is 38.9. The maximum Gasteiger partial charge on any atom is 0.244 e. The van der Waals surface area contributed by atoms with Gasteiger partial charge in [-0.05, 0) is 192 Å². The van der Waals surface area contributed by atoms with Gasteiger partial charge in [-0.1, -0.05) is 254 Å². The summed E-state index contributed by atoms with van der Waals surface area (Å²) in [6.07, 6.45) is 15.1. The molecule has 3 aliphatic heterocycles. The zero-order valence-corrected chi connectivity index (χ0v) is 51.0. The van der Waals surface area contributed by atoms with E-state index in [0.29, 0.717) is 0 Å². The quantitative estimate of drug-likeness (QED) is 0.159. The largest absolute Gasteiger partial charge is 0.334 e. The Morgan fingerprint density at radius 2 is 1.10 bits per heavy atom. The number of hydrogen-bond donors (Lipinski definition) is 0. The Labute approximate surface area is 477 Å². The summed E-state index contributed by atoms with van der Waals surface area (Å²) in [6, 6.07) is 53.8. The summed E-state index contributed by atoms with van der Waals surface area (Å²) in [4.78, 5) is 2.83. The fraction of sp³-hybridized carbons (Fsp3) is 0.403. The van der Waals surface area contributed by atoms with Crippen molar-refractivity contribution in [3.8, 4) is 11.1 Å². The minimum absolute atomic E-state index is 0.00298. The van der Waals surface area contributed by atoms with Crippen molar-refractivity contribution in [2.75, 3.05) is 4.90 Å². The molecule has 2 aliphatic carbocycles. The first-order valence-electron chi connectivity index (χ1n) is 30.4. The molecular weight excluding hydrogens is 950 g/mol. The zero-order valence-electron chi connectivity index (χ0n) is 51.0. The van der Waals surface area contributed by atoms with Crippen molar-refractivity contribution in [1.29, 1.82) is 0 Å². The molecule has 7 aromatic rings. The van der Waals surface area contributed by atoms with Crippen molar-refractivity contribution >= 4 is 57.8 Å². The van der Waals surface area contributed by atoms with Crippen LogP contribution in [0.1, 0.15) is 228 Å². The van der Waals surface area contributed by atoms with Gasteiger partial charge in [0.15, 0.2) is 0 Å². The molecule has 1 fully saturated rings. The van der Waals surface area contributed by atoms with Gasteiger partial charge >= 0.3 is 0 Å². The molecule has 2 heteroatoms. The van der Waals surface area contributed by atoms with Crippen LogP contribution in [-0.4, -0.2) is 12.3 Å². The van der Waals surface area contributed by atoms with Gasteiger partial charge in [0.1, 0.15) is 0 Å². The van der Waals surface area contributed by atoms with Crippen LogP contribution < -0.4 is 21.3 Å². The zero-order chi connectivity index (χ0) is 56.0. The number of hydrogen-bond acceptors (Lipinski definition) is 1. The van der Waals surface area contributed by atoms with Gasteiger partial charge < -0.3 is 4.90 Å². The fourth-order valence-electron chi connectivity index (χ4n) is 15.3. The molecule has 404 valence electrons. The molecule has 0 radical (unpaired) electrons. The molecule has 0 N–H and O–H groups in total. The van der Waals surface area contributed by atoms with Crippen LogP contribution in [-0.2, 0) is 32.5 Å². The molecule has 5 aliphatic rings. The monoisotopic (exact) mass is 1040 g/mol. The lowest BCUT2D eigenvalue weighted by molar-refractivity contribution is 0.218. The maximum absolute atomic E-state index is 2.83. The van der Waals surface area contributed by atoms with E-state index in [0.717, 1.165) is 0 Å². The fourth-order valence-corrected chi connectivity index (χ4v) is 15.3. The predicted octanol–water partition coefficient (Wildman–Crippen LogP) is 18.7. The van der Waals surface area contributed by atoms with Crippen molar-refractivity contribution in [3.63, 3.8) is 0 Å². The van der Waals surface area contributed by atoms with Crippen molar-refractivity contribution in [3.05, 3.63) is 206 Å². The third kappa shape index (κ3) is 8.70. The van der Waals surface area contributed by atoms with Gasteiger partial charge in [-0.2, -0.15) is 0 Å². The first kappa shape index (κ1) is 53.5. The Balaban J connectivity index is 1.21. The molecular formula is C77H88BN. The smallest absolute Gasteiger partial charge is 0.244 e. The number of rotatable bonds is 4. The second-order valence-electron chi connectivity index (χ2n) is 29.9. The first-order chi connectivity index (χ1) is 37.2. The molecule has 0 spiro atoms. The summed E-state index contributed by atoms with van der Waals surface area (Å²) in [5, 5.41) is 0. The average molecular weight is 1040 g/mol. The van der Waals surface area contributed by atoms with Crippen LogP contribution in [0.4, 0.5) is 11.4 Å². The van der Waals surface area contributed by atoms with Crippen LogP contribution in [0.15, 0.2) is 133 Å². The summed E-state index contributed by atoms with van der Waals surface area (Å²) in [5.41, 5.74) is 30.1. The van der Waals surface area contributed by atoms with Gasteiger partial charge in [0.25, 0.3) is 0 Å². The summed E-state index contributed by atoms with van der Waals surface area (Å²) >= 11 is 0. The van der Waals surface area contributed by atoms with Gasteiger partial charge in [-0.3, -0.25) is 0 Å². The van der Waals surface area contributed by atoms with Crippen molar-refractivity contribution in [2.45, 2.75) is 200 Å². The average Bonchev–Trinajstić information content (AvgIpc) is 3.03. The molecule has 79 heavy (non-hydrogen) atoms. The molecule has 2 unspecified atom stereocenters. The van der Waals surface area contributed by atoms with E-state index in [-0.39, 0.29) is 44.7 Å². The first-order valence-corrected chi connectivity index (χ1v) is 30.4. The lowest BCUT2D eigenvalue weighted by atomic mass is 9.31. The van der Waals surface area contributed by atoms with E-state index in [1.54, 1.807) is 0 Å². The highest BCUT2D eigenvalue weighted by Crippen LogP contribution is 2.60. The van der Waals surface area contributed by atoms with Crippen LogP contribution in [0.2, 0.25) is 0 Å². The Bertz CT molecular complexity index is 3670. The van der Waals surface area contributed by atoms with Crippen LogP contribution >= 0.6 is 0 Å². The van der Waals surface area contributed by atoms with Gasteiger partial charge in [0.05, 0.1) is 5.54 Å². The Morgan fingerprint density at radius 1 is 0.481 bits per heavy atom. The molecule has 1 nitrogen and oxygen atoms in total. The highest BCUT2D eigenvalue weighted by Gasteiger charge is 2.56. The van der Waals surface area contributed by atoms with Crippen molar-refractivity contribution in [1.82, 2.24) is 0 Å². The van der Waals surface area contributed by atoms with Crippen molar-refractivity contribution < 1.29 is 0 Å². The van der Waals surface area contributed by atoms with Gasteiger partial charge in [0, 0.05) is 16.8 Å². The number of aryl methyl sites for hydroxylation is 1. The third-order valence-corrected chi connectivity index (χ3v) is 20.7.